The summed E-state index contributed by atoms with van der Waals surface area (Å²) >= 11 is 1.78. The quantitative estimate of drug-likeness (QED) is 0.805. The Kier molecular flexibility index (Phi) is 3.08. The third kappa shape index (κ3) is 2.19. The van der Waals surface area contributed by atoms with Gasteiger partial charge in [-0.2, -0.15) is 5.10 Å². The lowest BCUT2D eigenvalue weighted by Crippen LogP contribution is -2.01. The third-order valence-corrected chi connectivity index (χ3v) is 5.65. The molecule has 2 aromatic heterocycles. The molecule has 2 heterocycles. The maximum absolute atomic E-state index is 10.6. The molecule has 108 valence electrons. The van der Waals surface area contributed by atoms with Crippen LogP contribution in [0.25, 0.3) is 10.9 Å². The molecule has 0 amide bonds. The molecule has 21 heavy (non-hydrogen) atoms. The van der Waals surface area contributed by atoms with Crippen LogP contribution in [0.3, 0.4) is 0 Å². The second-order valence-electron chi connectivity index (χ2n) is 5.76. The molecule has 3 aromatic rings. The van der Waals surface area contributed by atoms with Crippen LogP contribution in [0.5, 0.6) is 0 Å². The van der Waals surface area contributed by atoms with Crippen LogP contribution in [0.15, 0.2) is 30.3 Å². The van der Waals surface area contributed by atoms with Crippen LogP contribution < -0.4 is 0 Å². The zero-order valence-corrected chi connectivity index (χ0v) is 12.9. The minimum atomic E-state index is -0.445. The zero-order chi connectivity index (χ0) is 14.4. The fourth-order valence-electron chi connectivity index (χ4n) is 3.24. The number of hydrogen-bond acceptors (Lipinski definition) is 3. The molecule has 3 nitrogen and oxygen atoms in total. The number of aryl methyl sites for hydroxylation is 3. The molecule has 0 saturated carbocycles. The molecule has 0 spiro atoms. The number of aliphatic hydroxyl groups is 1. The normalized spacial score (nSPS) is 15.5. The van der Waals surface area contributed by atoms with Crippen LogP contribution in [-0.2, 0) is 26.3 Å². The Morgan fingerprint density at radius 3 is 3.05 bits per heavy atom. The summed E-state index contributed by atoms with van der Waals surface area (Å²) in [5.74, 6) is 0. The Balaban J connectivity index is 1.64. The van der Waals surface area contributed by atoms with Crippen molar-refractivity contribution < 1.29 is 5.11 Å². The maximum Gasteiger partial charge on any atom is 0.0938 e. The lowest BCUT2D eigenvalue weighted by molar-refractivity contribution is 0.181. The van der Waals surface area contributed by atoms with Crippen LogP contribution in [0, 0.1) is 0 Å². The highest BCUT2D eigenvalue weighted by Crippen LogP contribution is 2.35. The van der Waals surface area contributed by atoms with E-state index in [1.165, 1.54) is 29.7 Å². The molecule has 1 aliphatic rings. The number of rotatable bonds is 3. The number of nitrogens with zero attached hydrogens (tertiary/aromatic N) is 2. The van der Waals surface area contributed by atoms with E-state index in [0.29, 0.717) is 6.42 Å². The van der Waals surface area contributed by atoms with Gasteiger partial charge in [-0.3, -0.25) is 4.68 Å². The number of hydrogen-bond donors (Lipinski definition) is 1. The molecule has 0 saturated heterocycles. The van der Waals surface area contributed by atoms with Gasteiger partial charge in [-0.25, -0.2) is 0 Å². The lowest BCUT2D eigenvalue weighted by Gasteiger charge is -2.06. The van der Waals surface area contributed by atoms with Crippen LogP contribution in [0.4, 0.5) is 0 Å². The van der Waals surface area contributed by atoms with E-state index in [1.807, 2.05) is 23.9 Å². The first kappa shape index (κ1) is 13.0. The Labute approximate surface area is 127 Å². The molecule has 1 atom stereocenters. The largest absolute Gasteiger partial charge is 0.387 e. The van der Waals surface area contributed by atoms with Crippen molar-refractivity contribution in [1.29, 1.82) is 0 Å². The summed E-state index contributed by atoms with van der Waals surface area (Å²) in [6, 6.07) is 10.4. The second kappa shape index (κ2) is 4.97. The predicted octanol–water partition coefficient (Wildman–Crippen LogP) is 3.40. The van der Waals surface area contributed by atoms with Crippen molar-refractivity contribution in [2.24, 2.45) is 7.05 Å². The van der Waals surface area contributed by atoms with Crippen molar-refractivity contribution in [2.45, 2.75) is 31.8 Å². The van der Waals surface area contributed by atoms with Gasteiger partial charge in [0.15, 0.2) is 0 Å². The average molecular weight is 298 g/mol. The summed E-state index contributed by atoms with van der Waals surface area (Å²) in [4.78, 5) is 2.56. The minimum Gasteiger partial charge on any atom is -0.387 e. The summed E-state index contributed by atoms with van der Waals surface area (Å²) in [5.41, 5.74) is 3.54. The van der Waals surface area contributed by atoms with Crippen LogP contribution in [-0.4, -0.2) is 14.9 Å². The number of benzene rings is 1. The van der Waals surface area contributed by atoms with Crippen molar-refractivity contribution in [3.63, 3.8) is 0 Å². The van der Waals surface area contributed by atoms with Crippen molar-refractivity contribution in [3.05, 3.63) is 51.3 Å². The van der Waals surface area contributed by atoms with Crippen LogP contribution in [0.1, 0.15) is 33.5 Å². The van der Waals surface area contributed by atoms with E-state index in [9.17, 15) is 5.11 Å². The number of aromatic nitrogens is 2. The highest BCUT2D eigenvalue weighted by molar-refractivity contribution is 7.12. The highest BCUT2D eigenvalue weighted by Gasteiger charge is 2.20. The maximum atomic E-state index is 10.6. The van der Waals surface area contributed by atoms with E-state index in [4.69, 9.17) is 0 Å². The topological polar surface area (TPSA) is 38.0 Å². The number of aliphatic hydroxyl groups excluding tert-OH is 1. The van der Waals surface area contributed by atoms with E-state index in [0.717, 1.165) is 21.5 Å². The Bertz CT molecular complexity index is 781. The minimum absolute atomic E-state index is 0.445. The van der Waals surface area contributed by atoms with Crippen molar-refractivity contribution in [3.8, 4) is 0 Å². The van der Waals surface area contributed by atoms with Gasteiger partial charge < -0.3 is 5.11 Å². The van der Waals surface area contributed by atoms with Gasteiger partial charge in [0.2, 0.25) is 0 Å². The molecule has 0 aliphatic heterocycles. The molecule has 4 heteroatoms. The van der Waals surface area contributed by atoms with Crippen LogP contribution in [0.2, 0.25) is 0 Å². The van der Waals surface area contributed by atoms with E-state index in [1.54, 1.807) is 11.3 Å². The van der Waals surface area contributed by atoms with Gasteiger partial charge in [0.25, 0.3) is 0 Å². The SMILES string of the molecule is Cn1nc(CC(O)c2cc3c(s2)CCC3)c2ccccc21. The number of thiophene rings is 1. The average Bonchev–Trinajstić information content (AvgIpc) is 3.14. The first-order chi connectivity index (χ1) is 10.2. The Hall–Kier alpha value is -1.65. The Morgan fingerprint density at radius 2 is 2.19 bits per heavy atom. The van der Waals surface area contributed by atoms with Gasteiger partial charge in [-0.05, 0) is 37.0 Å². The predicted molar refractivity (Wildman–Crippen MR) is 85.7 cm³/mol. The molecule has 0 bridgehead atoms. The molecule has 0 radical (unpaired) electrons. The van der Waals surface area contributed by atoms with Crippen molar-refractivity contribution in [1.82, 2.24) is 9.78 Å². The molecule has 0 fully saturated rings. The summed E-state index contributed by atoms with van der Waals surface area (Å²) in [5, 5.41) is 16.3. The molecule has 1 N–H and O–H groups in total. The van der Waals surface area contributed by atoms with Gasteiger partial charge in [0, 0.05) is 28.6 Å². The lowest BCUT2D eigenvalue weighted by atomic mass is 10.1. The fourth-order valence-corrected chi connectivity index (χ4v) is 4.48. The van der Waals surface area contributed by atoms with Gasteiger partial charge in [-0.15, -0.1) is 11.3 Å². The smallest absolute Gasteiger partial charge is 0.0938 e. The molecule has 4 rings (SSSR count). The molecule has 1 aliphatic carbocycles. The van der Waals surface area contributed by atoms with Gasteiger partial charge in [-0.1, -0.05) is 18.2 Å². The number of fused-ring (bicyclic) bond motifs is 2. The van der Waals surface area contributed by atoms with Crippen molar-refractivity contribution in [2.75, 3.05) is 0 Å². The van der Waals surface area contributed by atoms with E-state index >= 15 is 0 Å². The summed E-state index contributed by atoms with van der Waals surface area (Å²) in [6.45, 7) is 0. The zero-order valence-electron chi connectivity index (χ0n) is 12.0. The highest BCUT2D eigenvalue weighted by atomic mass is 32.1. The monoisotopic (exact) mass is 298 g/mol. The summed E-state index contributed by atoms with van der Waals surface area (Å²) in [7, 11) is 1.96. The fraction of sp³-hybridized carbons (Fsp3) is 0.353. The van der Waals surface area contributed by atoms with Gasteiger partial charge >= 0.3 is 0 Å². The summed E-state index contributed by atoms with van der Waals surface area (Å²) in [6.07, 6.45) is 3.76. The first-order valence-corrected chi connectivity index (χ1v) is 8.24. The summed E-state index contributed by atoms with van der Waals surface area (Å²) < 4.78 is 1.89. The standard InChI is InChI=1S/C17H18N2OS/c1-19-14-7-3-2-6-12(14)13(18-19)10-15(20)17-9-11-5-4-8-16(11)21-17/h2-3,6-7,9,15,20H,4-5,8,10H2,1H3. The third-order valence-electron chi connectivity index (χ3n) is 4.32. The Morgan fingerprint density at radius 1 is 1.33 bits per heavy atom. The molecule has 1 unspecified atom stereocenters. The van der Waals surface area contributed by atoms with Gasteiger partial charge in [0.1, 0.15) is 0 Å². The van der Waals surface area contributed by atoms with E-state index in [-0.39, 0.29) is 0 Å². The second-order valence-corrected chi connectivity index (χ2v) is 6.93. The first-order valence-electron chi connectivity index (χ1n) is 7.42. The van der Waals surface area contributed by atoms with Crippen LogP contribution >= 0.6 is 11.3 Å². The molecule has 1 aromatic carbocycles. The number of para-hydroxylation sites is 1. The van der Waals surface area contributed by atoms with E-state index < -0.39 is 6.10 Å². The molecular weight excluding hydrogens is 280 g/mol. The van der Waals surface area contributed by atoms with Gasteiger partial charge in [0.05, 0.1) is 17.3 Å². The molecular formula is C17H18N2OS. The van der Waals surface area contributed by atoms with E-state index in [2.05, 4.69) is 23.3 Å². The van der Waals surface area contributed by atoms with Crippen molar-refractivity contribution >= 4 is 22.2 Å².